The monoisotopic (exact) mass is 664 g/mol. The molecule has 0 unspecified atom stereocenters. The summed E-state index contributed by atoms with van der Waals surface area (Å²) >= 11 is 0. The maximum Gasteiger partial charge on any atom is 0.237 e. The molecule has 2 amide bonds. The van der Waals surface area contributed by atoms with Gasteiger partial charge < -0.3 is 15.4 Å². The highest BCUT2D eigenvalue weighted by Crippen LogP contribution is 2.76. The van der Waals surface area contributed by atoms with Gasteiger partial charge in [0.05, 0.1) is 23.6 Å². The van der Waals surface area contributed by atoms with Crippen LogP contribution in [0.25, 0.3) is 22.3 Å². The molecule has 3 aliphatic carbocycles. The van der Waals surface area contributed by atoms with Gasteiger partial charge in [0.25, 0.3) is 0 Å². The van der Waals surface area contributed by atoms with Crippen LogP contribution >= 0.6 is 0 Å². The second-order valence-corrected chi connectivity index (χ2v) is 14.9. The maximum atomic E-state index is 14.0. The number of amidine groups is 1. The van der Waals surface area contributed by atoms with E-state index in [9.17, 15) is 9.59 Å². The molecule has 256 valence electrons. The fraction of sp³-hybridized carbons (Fsp3) is 0.528. The van der Waals surface area contributed by atoms with Gasteiger partial charge in [0.2, 0.25) is 17.7 Å². The maximum absolute atomic E-state index is 14.0. The number of carbonyl (C=O) groups excluding carboxylic acids is 2. The number of nitrogens with zero attached hydrogens (tertiary/aromatic N) is 8. The lowest BCUT2D eigenvalue weighted by Crippen LogP contribution is -2.68. The number of aromatic nitrogens is 4. The van der Waals surface area contributed by atoms with Gasteiger partial charge in [0, 0.05) is 56.5 Å². The normalized spacial score (nSPS) is 28.5. The number of anilines is 1. The molecule has 3 saturated carbocycles. The Kier molecular flexibility index (Phi) is 7.58. The zero-order valence-corrected chi connectivity index (χ0v) is 28.5. The van der Waals surface area contributed by atoms with Crippen molar-refractivity contribution in [1.82, 2.24) is 30.0 Å². The molecular weight excluding hydrogens is 620 g/mol. The number of carbonyl (C=O) groups is 2. The molecule has 3 aliphatic heterocycles. The van der Waals surface area contributed by atoms with Gasteiger partial charge in [0.15, 0.2) is 0 Å². The summed E-state index contributed by atoms with van der Waals surface area (Å²) in [5, 5.41) is 7.56. The summed E-state index contributed by atoms with van der Waals surface area (Å²) in [7, 11) is 1.70. The Hall–Kier alpha value is -4.65. The van der Waals surface area contributed by atoms with Crippen LogP contribution < -0.4 is 15.4 Å². The minimum absolute atomic E-state index is 0.0353. The van der Waals surface area contributed by atoms with E-state index >= 15 is 0 Å². The number of hydrogen-bond donors (Lipinski definition) is 2. The van der Waals surface area contributed by atoms with Crippen molar-refractivity contribution < 1.29 is 14.3 Å². The average Bonchev–Trinajstić information content (AvgIpc) is 3.76. The second-order valence-electron chi connectivity index (χ2n) is 14.9. The van der Waals surface area contributed by atoms with Crippen LogP contribution in [-0.2, 0) is 9.59 Å². The van der Waals surface area contributed by atoms with Crippen LogP contribution in [0.1, 0.15) is 52.4 Å². The minimum atomic E-state index is -0.491. The minimum Gasteiger partial charge on any atom is -0.475 e. The lowest BCUT2D eigenvalue weighted by molar-refractivity contribution is -0.135. The molecular formula is C36H44N10O3. The molecule has 13 heteroatoms. The van der Waals surface area contributed by atoms with E-state index in [1.165, 1.54) is 11.9 Å². The topological polar surface area (TPSA) is 158 Å². The molecule has 1 atom stereocenters. The third-order valence-corrected chi connectivity index (χ3v) is 11.5. The Bertz CT molecular complexity index is 1880. The number of H-pyrrole nitrogens is 1. The number of amides is 2. The number of fused-ring (bicyclic) bond motifs is 1. The standard InChI is InChI=1S/C36H44N10O3/c1-23(2)49-28-7-4-24(16-39-28)30-31-26(42-43-30)5-6-27(41-31)46-15-11-34(33(46)48)10-14-44(21-34)17-29(47)45-12-8-25(9-13-45)35-18-36(19-35,20-35)32(37)40-22-38-3/h4-8,16,22-23H,9-15,17-21H2,1-3H3,(H,42,43)(H2,37,38,40)/t34-,35?,36?/m0/s1. The first-order valence-corrected chi connectivity index (χ1v) is 17.4. The predicted octanol–water partition coefficient (Wildman–Crippen LogP) is 3.58. The first-order chi connectivity index (χ1) is 23.6. The summed E-state index contributed by atoms with van der Waals surface area (Å²) in [5.74, 6) is 2.11. The van der Waals surface area contributed by atoms with Crippen LogP contribution in [0.5, 0.6) is 5.88 Å². The van der Waals surface area contributed by atoms with Crippen molar-refractivity contribution in [2.45, 2.75) is 58.5 Å². The Morgan fingerprint density at radius 1 is 1.12 bits per heavy atom. The van der Waals surface area contributed by atoms with Crippen molar-refractivity contribution in [2.75, 3.05) is 51.2 Å². The Labute approximate surface area is 285 Å². The van der Waals surface area contributed by atoms with Crippen LogP contribution in [0.15, 0.2) is 52.1 Å². The zero-order chi connectivity index (χ0) is 34.0. The molecule has 6 heterocycles. The van der Waals surface area contributed by atoms with Gasteiger partial charge in [-0.25, -0.2) is 15.0 Å². The molecule has 1 spiro atoms. The fourth-order valence-electron chi connectivity index (χ4n) is 8.91. The summed E-state index contributed by atoms with van der Waals surface area (Å²) in [6.45, 7) is 7.59. The summed E-state index contributed by atoms with van der Waals surface area (Å²) in [6.07, 6.45) is 11.1. The van der Waals surface area contributed by atoms with Gasteiger partial charge >= 0.3 is 0 Å². The van der Waals surface area contributed by atoms with Crippen LogP contribution in [0.2, 0.25) is 0 Å². The smallest absolute Gasteiger partial charge is 0.237 e. The van der Waals surface area contributed by atoms with Gasteiger partial charge in [-0.2, -0.15) is 5.10 Å². The Morgan fingerprint density at radius 2 is 1.94 bits per heavy atom. The average molecular weight is 665 g/mol. The number of likely N-dealkylation sites (tertiary alicyclic amines) is 1. The highest BCUT2D eigenvalue weighted by Gasteiger charge is 2.70. The quantitative estimate of drug-likeness (QED) is 0.200. The van der Waals surface area contributed by atoms with Crippen molar-refractivity contribution in [2.24, 2.45) is 32.0 Å². The molecule has 13 nitrogen and oxygen atoms in total. The lowest BCUT2D eigenvalue weighted by atomic mass is 9.32. The van der Waals surface area contributed by atoms with Gasteiger partial charge in [-0.3, -0.25) is 29.5 Å². The van der Waals surface area contributed by atoms with Gasteiger partial charge in [-0.05, 0) is 82.5 Å². The van der Waals surface area contributed by atoms with Crippen LogP contribution in [-0.4, -0.2) is 106 Å². The lowest BCUT2D eigenvalue weighted by Gasteiger charge is -2.71. The Morgan fingerprint density at radius 3 is 2.65 bits per heavy atom. The highest BCUT2D eigenvalue weighted by atomic mass is 16.5. The molecule has 5 fully saturated rings. The number of aliphatic imine (C=N–C) groups is 2. The number of pyridine rings is 2. The van der Waals surface area contributed by atoms with Crippen LogP contribution in [0.4, 0.5) is 5.82 Å². The van der Waals surface area contributed by atoms with E-state index in [0.29, 0.717) is 54.9 Å². The molecule has 0 radical (unpaired) electrons. The third kappa shape index (κ3) is 5.29. The number of nitrogens with two attached hydrogens (primary N) is 1. The largest absolute Gasteiger partial charge is 0.475 e. The molecule has 3 N–H and O–H groups in total. The summed E-state index contributed by atoms with van der Waals surface area (Å²) in [5.41, 5.74) is 10.5. The molecule has 9 rings (SSSR count). The van der Waals surface area contributed by atoms with E-state index in [-0.39, 0.29) is 28.7 Å². The number of rotatable bonds is 9. The summed E-state index contributed by atoms with van der Waals surface area (Å²) < 4.78 is 5.68. The van der Waals surface area contributed by atoms with Crippen LogP contribution in [0, 0.1) is 16.2 Å². The van der Waals surface area contributed by atoms with Gasteiger partial charge in [0.1, 0.15) is 29.2 Å². The number of nitrogens with one attached hydrogen (secondary N) is 1. The molecule has 3 aromatic rings. The van der Waals surface area contributed by atoms with Crippen molar-refractivity contribution in [3.63, 3.8) is 0 Å². The fourth-order valence-corrected chi connectivity index (χ4v) is 8.91. The predicted molar refractivity (Wildman–Crippen MR) is 187 cm³/mol. The number of aromatic amines is 1. The van der Waals surface area contributed by atoms with Crippen molar-refractivity contribution in [3.8, 4) is 17.1 Å². The first-order valence-electron chi connectivity index (χ1n) is 17.4. The van der Waals surface area contributed by atoms with E-state index < -0.39 is 5.41 Å². The van der Waals surface area contributed by atoms with E-state index in [0.717, 1.165) is 62.7 Å². The van der Waals surface area contributed by atoms with Crippen molar-refractivity contribution in [3.05, 3.63) is 42.1 Å². The molecule has 0 aromatic carbocycles. The zero-order valence-electron chi connectivity index (χ0n) is 28.5. The summed E-state index contributed by atoms with van der Waals surface area (Å²) in [6, 6.07) is 7.55. The Balaban J connectivity index is 0.879. The second kappa shape index (κ2) is 11.7. The van der Waals surface area contributed by atoms with E-state index in [4.69, 9.17) is 15.5 Å². The van der Waals surface area contributed by atoms with Gasteiger partial charge in [-0.1, -0.05) is 11.6 Å². The molecule has 49 heavy (non-hydrogen) atoms. The molecule has 2 saturated heterocycles. The molecule has 3 aromatic heterocycles. The van der Waals surface area contributed by atoms with E-state index in [1.807, 2.05) is 47.9 Å². The number of hydrogen-bond acceptors (Lipinski definition) is 8. The number of ether oxygens (including phenoxy) is 1. The van der Waals surface area contributed by atoms with Gasteiger partial charge in [-0.15, -0.1) is 0 Å². The molecule has 2 bridgehead atoms. The first kappa shape index (κ1) is 31.6. The van der Waals surface area contributed by atoms with E-state index in [2.05, 4.69) is 36.1 Å². The highest BCUT2D eigenvalue weighted by molar-refractivity contribution is 6.01. The van der Waals surface area contributed by atoms with Crippen molar-refractivity contribution in [1.29, 1.82) is 0 Å². The third-order valence-electron chi connectivity index (χ3n) is 11.5. The molecule has 6 aliphatic rings. The van der Waals surface area contributed by atoms with E-state index in [1.54, 1.807) is 13.2 Å². The van der Waals surface area contributed by atoms with Crippen LogP contribution in [0.3, 0.4) is 0 Å². The SMILES string of the molecule is CN=CN=C(N)C12CC(C3=CCN(C(=O)CN4CC[C@]5(CCN(c6ccc7[nH]nc(-c8ccc(OC(C)C)nc8)c7n6)C5=O)C4)CC3)(C1)C2. The van der Waals surface area contributed by atoms with Crippen molar-refractivity contribution >= 4 is 40.8 Å². The summed E-state index contributed by atoms with van der Waals surface area (Å²) in [4.78, 5) is 50.9.